The van der Waals surface area contributed by atoms with Crippen LogP contribution in [0.2, 0.25) is 0 Å². The van der Waals surface area contributed by atoms with Gasteiger partial charge in [-0.15, -0.1) is 11.3 Å². The fourth-order valence-corrected chi connectivity index (χ4v) is 14.6. The van der Waals surface area contributed by atoms with Crippen LogP contribution in [-0.4, -0.2) is 27.6 Å². The Morgan fingerprint density at radius 3 is 1.51 bits per heavy atom. The summed E-state index contributed by atoms with van der Waals surface area (Å²) >= 11 is 0.752. The molecule has 4 nitrogen and oxygen atoms in total. The second kappa shape index (κ2) is 17.0. The molecule has 13 aromatic rings. The molecule has 0 aliphatic heterocycles. The maximum Gasteiger partial charge on any atom is 0.179 e. The van der Waals surface area contributed by atoms with Crippen molar-refractivity contribution >= 4 is 82.1 Å². The summed E-state index contributed by atoms with van der Waals surface area (Å²) in [4.78, 5) is 14.5. The molecule has 0 spiro atoms. The number of fused-ring (bicyclic) bond motifs is 6. The SMILES string of the molecule is [2H]c1c([2H])c(-c2nc(-c3ccc([Si](c4ccccc4)(c4ccccc4)c4ccccc4)cc3)nc(-c3c([2H])c([2H])c([2H])c([2H])c3-n3c4c([2H])c([2H])c([2H])c([2H])c4c4c([2H])c([2H])c([2H])c([2H])c43)n2)c([2H])c(-c2c([2H])c([2H])c3sc4c([2H])c([2H])c([2H])c([2H])c4c3c2[2H])c1[2H]. The zero-order chi connectivity index (χ0) is 65.7. The molecule has 0 aliphatic carbocycles. The minimum atomic E-state index is -3.23. The van der Waals surface area contributed by atoms with E-state index in [0.29, 0.717) is 0 Å². The summed E-state index contributed by atoms with van der Waals surface area (Å²) in [5, 5.41) is 2.71. The first-order valence-electron chi connectivity index (χ1n) is 33.0. The Labute approximate surface area is 437 Å². The lowest BCUT2D eigenvalue weighted by Gasteiger charge is -2.34. The van der Waals surface area contributed by atoms with E-state index in [0.717, 1.165) is 36.7 Å². The van der Waals surface area contributed by atoms with Gasteiger partial charge in [0, 0.05) is 47.6 Å². The zero-order valence-electron chi connectivity index (χ0n) is 58.7. The average Bonchev–Trinajstić information content (AvgIpc) is 1.54. The molecule has 0 saturated heterocycles. The van der Waals surface area contributed by atoms with Crippen molar-refractivity contribution in [3.8, 4) is 51.0 Å². The molecule has 0 saturated carbocycles. The van der Waals surface area contributed by atoms with Crippen molar-refractivity contribution in [1.29, 1.82) is 0 Å². The van der Waals surface area contributed by atoms with E-state index in [-0.39, 0.29) is 31.6 Å². The minimum Gasteiger partial charge on any atom is -0.309 e. The van der Waals surface area contributed by atoms with E-state index in [1.165, 1.54) is 0 Å². The van der Waals surface area contributed by atoms with Crippen LogP contribution in [-0.2, 0) is 0 Å². The lowest BCUT2D eigenvalue weighted by atomic mass is 10.0. The number of hydrogen-bond acceptors (Lipinski definition) is 4. The summed E-state index contributed by atoms with van der Waals surface area (Å²) < 4.78 is 211. The molecule has 3 aromatic heterocycles. The van der Waals surface area contributed by atoms with Crippen LogP contribution in [0.15, 0.2) is 254 Å². The Bertz CT molecular complexity index is 5210. The Morgan fingerprint density at radius 1 is 0.362 bits per heavy atom. The lowest BCUT2D eigenvalue weighted by Crippen LogP contribution is -2.74. The van der Waals surface area contributed by atoms with Gasteiger partial charge in [-0.3, -0.25) is 0 Å². The minimum absolute atomic E-state index is 0.0310. The van der Waals surface area contributed by atoms with Crippen LogP contribution >= 0.6 is 11.3 Å². The summed E-state index contributed by atoms with van der Waals surface area (Å²) in [5.41, 5.74) is -4.08. The third-order valence-electron chi connectivity index (χ3n) is 12.0. The van der Waals surface area contributed by atoms with E-state index in [2.05, 4.69) is 36.4 Å². The summed E-state index contributed by atoms with van der Waals surface area (Å²) in [6, 6.07) is 19.4. The molecule has 324 valence electrons. The van der Waals surface area contributed by atoms with Crippen LogP contribution in [0.5, 0.6) is 0 Å². The van der Waals surface area contributed by atoms with Crippen molar-refractivity contribution in [1.82, 2.24) is 19.5 Å². The topological polar surface area (TPSA) is 43.6 Å². The average molecular weight is 938 g/mol. The Kier molecular flexibility index (Phi) is 5.76. The monoisotopic (exact) mass is 937 g/mol. The molecule has 10 aromatic carbocycles. The fraction of sp³-hybridized carbons (Fsp3) is 0. The third-order valence-corrected chi connectivity index (χ3v) is 17.8. The number of para-hydroxylation sites is 3. The van der Waals surface area contributed by atoms with Crippen LogP contribution in [0.4, 0.5) is 0 Å². The van der Waals surface area contributed by atoms with Crippen LogP contribution in [0.25, 0.3) is 93.0 Å². The zero-order valence-corrected chi connectivity index (χ0v) is 37.5. The second-order valence-corrected chi connectivity index (χ2v) is 20.6. The molecule has 0 unspecified atom stereocenters. The van der Waals surface area contributed by atoms with Crippen LogP contribution < -0.4 is 20.7 Å². The third kappa shape index (κ3) is 6.91. The van der Waals surface area contributed by atoms with E-state index in [1.54, 1.807) is 12.1 Å². The van der Waals surface area contributed by atoms with Crippen molar-refractivity contribution in [2.75, 3.05) is 0 Å². The molecule has 6 heteroatoms. The molecule has 0 fully saturated rings. The standard InChI is InChI=1S/C63H42N4SSi/c1-4-21-47(22-5-1)69(48-23-6-2-7-24-48,49-25-8-3-9-26-49)50-38-35-43(36-39-50)61-64-62(46-20-18-19-44(41-46)45-37-40-60-55(42-45)53-29-13-17-34-59(53)68-60)66-63(65-61)54-30-12-16-33-58(54)67-56-31-14-10-27-51(56)52-28-11-15-32-57(52)67/h1-42H/i10D,11D,12D,13D,14D,15D,16D,17D,18D,19D,20D,27D,28D,29D,30D,31D,32D,33D,34D,37D,40D,41D,42D. The predicted octanol–water partition coefficient (Wildman–Crippen LogP) is 13.4. The highest BCUT2D eigenvalue weighted by atomic mass is 32.1. The molecule has 0 bridgehead atoms. The van der Waals surface area contributed by atoms with Gasteiger partial charge < -0.3 is 4.57 Å². The molecule has 0 radical (unpaired) electrons. The fourth-order valence-electron chi connectivity index (χ4n) is 8.95. The summed E-state index contributed by atoms with van der Waals surface area (Å²) in [6.07, 6.45) is 0. The Hall–Kier alpha value is -8.55. The molecular weight excluding hydrogens is 873 g/mol. The van der Waals surface area contributed by atoms with Crippen molar-refractivity contribution in [3.05, 3.63) is 254 Å². The van der Waals surface area contributed by atoms with Crippen LogP contribution in [0.1, 0.15) is 31.5 Å². The van der Waals surface area contributed by atoms with Crippen molar-refractivity contribution in [2.45, 2.75) is 0 Å². The first-order chi connectivity index (χ1) is 43.8. The van der Waals surface area contributed by atoms with Gasteiger partial charge in [0.05, 0.1) is 48.2 Å². The molecule has 13 rings (SSSR count). The molecule has 0 N–H and O–H groups in total. The highest BCUT2D eigenvalue weighted by Crippen LogP contribution is 2.39. The van der Waals surface area contributed by atoms with E-state index >= 15 is 0 Å². The van der Waals surface area contributed by atoms with Crippen LogP contribution in [0, 0.1) is 0 Å². The summed E-state index contributed by atoms with van der Waals surface area (Å²) in [6.45, 7) is 0. The van der Waals surface area contributed by atoms with Gasteiger partial charge >= 0.3 is 0 Å². The van der Waals surface area contributed by atoms with Crippen molar-refractivity contribution < 1.29 is 31.5 Å². The van der Waals surface area contributed by atoms with Crippen molar-refractivity contribution in [2.24, 2.45) is 0 Å². The van der Waals surface area contributed by atoms with Gasteiger partial charge in [0.25, 0.3) is 0 Å². The predicted molar refractivity (Wildman–Crippen MR) is 292 cm³/mol. The molecular formula is C63H42N4SSi. The first-order valence-corrected chi connectivity index (χ1v) is 24.3. The number of nitrogens with zero attached hydrogens (tertiary/aromatic N) is 4. The number of rotatable bonds is 9. The quantitative estimate of drug-likeness (QED) is 0.107. The van der Waals surface area contributed by atoms with Gasteiger partial charge in [0.15, 0.2) is 25.5 Å². The normalized spacial score (nSPS) is 16.4. The molecule has 0 aliphatic rings. The summed E-state index contributed by atoms with van der Waals surface area (Å²) in [7, 11) is -3.23. The second-order valence-electron chi connectivity index (χ2n) is 15.7. The smallest absolute Gasteiger partial charge is 0.179 e. The summed E-state index contributed by atoms with van der Waals surface area (Å²) in [5.74, 6) is -1.64. The largest absolute Gasteiger partial charge is 0.309 e. The first kappa shape index (κ1) is 23.4. The van der Waals surface area contributed by atoms with Gasteiger partial charge in [0.2, 0.25) is 0 Å². The van der Waals surface area contributed by atoms with E-state index in [1.807, 2.05) is 66.7 Å². The van der Waals surface area contributed by atoms with E-state index < -0.39 is 208 Å². The Balaban J connectivity index is 1.16. The van der Waals surface area contributed by atoms with E-state index in [9.17, 15) is 15.1 Å². The molecule has 3 heterocycles. The molecule has 0 atom stereocenters. The van der Waals surface area contributed by atoms with Gasteiger partial charge in [-0.05, 0) is 80.2 Å². The highest BCUT2D eigenvalue weighted by Gasteiger charge is 2.41. The highest BCUT2D eigenvalue weighted by molar-refractivity contribution is 7.25. The van der Waals surface area contributed by atoms with E-state index in [4.69, 9.17) is 31.4 Å². The van der Waals surface area contributed by atoms with Gasteiger partial charge in [0.1, 0.15) is 0 Å². The number of hydrogen-bond donors (Lipinski definition) is 0. The maximum atomic E-state index is 10.0. The van der Waals surface area contributed by atoms with Gasteiger partial charge in [-0.1, -0.05) is 206 Å². The van der Waals surface area contributed by atoms with Crippen LogP contribution in [0.3, 0.4) is 0 Å². The van der Waals surface area contributed by atoms with Crippen molar-refractivity contribution in [3.63, 3.8) is 0 Å². The van der Waals surface area contributed by atoms with Gasteiger partial charge in [-0.25, -0.2) is 15.0 Å². The number of benzene rings is 10. The lowest BCUT2D eigenvalue weighted by molar-refractivity contribution is 1.06. The number of thiophene rings is 1. The maximum absolute atomic E-state index is 10.0. The number of aromatic nitrogens is 4. The molecule has 0 amide bonds. The van der Waals surface area contributed by atoms with Gasteiger partial charge in [-0.2, -0.15) is 0 Å². The Morgan fingerprint density at radius 2 is 0.855 bits per heavy atom. The molecule has 69 heavy (non-hydrogen) atoms.